The predicted octanol–water partition coefficient (Wildman–Crippen LogP) is 4.29. The maximum atomic E-state index is 9.35. The molecule has 3 nitrogen and oxygen atoms in total. The van der Waals surface area contributed by atoms with E-state index in [0.29, 0.717) is 12.4 Å². The number of ether oxygens (including phenoxy) is 2. The van der Waals surface area contributed by atoms with Gasteiger partial charge in [-0.15, -0.1) is 0 Å². The summed E-state index contributed by atoms with van der Waals surface area (Å²) in [5, 5.41) is 9.35. The van der Waals surface area contributed by atoms with E-state index >= 15 is 0 Å². The molecule has 0 saturated heterocycles. The number of methoxy groups -OCH3 is 1. The SMILES string of the molecule is COc1ccc(Br)c(COc2ccc(Br)cc2CO)c1. The van der Waals surface area contributed by atoms with Crippen LogP contribution in [0.25, 0.3) is 0 Å². The van der Waals surface area contributed by atoms with Crippen molar-refractivity contribution < 1.29 is 14.6 Å². The number of aliphatic hydroxyl groups excluding tert-OH is 1. The van der Waals surface area contributed by atoms with Gasteiger partial charge in [-0.25, -0.2) is 0 Å². The van der Waals surface area contributed by atoms with Crippen molar-refractivity contribution >= 4 is 31.9 Å². The minimum atomic E-state index is -0.0615. The van der Waals surface area contributed by atoms with E-state index in [1.807, 2.05) is 36.4 Å². The molecule has 5 heteroatoms. The zero-order chi connectivity index (χ0) is 14.5. The van der Waals surface area contributed by atoms with Gasteiger partial charge >= 0.3 is 0 Å². The molecular weight excluding hydrogens is 388 g/mol. The van der Waals surface area contributed by atoms with Crippen molar-refractivity contribution in [3.8, 4) is 11.5 Å². The molecule has 0 spiro atoms. The number of rotatable bonds is 5. The summed E-state index contributed by atoms with van der Waals surface area (Å²) < 4.78 is 12.9. The largest absolute Gasteiger partial charge is 0.497 e. The summed E-state index contributed by atoms with van der Waals surface area (Å²) in [6.07, 6.45) is 0. The first-order chi connectivity index (χ1) is 9.63. The number of benzene rings is 2. The molecule has 1 N–H and O–H groups in total. The van der Waals surface area contributed by atoms with Crippen LogP contribution >= 0.6 is 31.9 Å². The molecule has 2 rings (SSSR count). The van der Waals surface area contributed by atoms with Crippen molar-refractivity contribution in [3.63, 3.8) is 0 Å². The molecule has 0 aromatic heterocycles. The van der Waals surface area contributed by atoms with Crippen molar-refractivity contribution in [3.05, 3.63) is 56.5 Å². The monoisotopic (exact) mass is 400 g/mol. The van der Waals surface area contributed by atoms with Gasteiger partial charge in [-0.2, -0.15) is 0 Å². The second-order valence-electron chi connectivity index (χ2n) is 4.16. The summed E-state index contributed by atoms with van der Waals surface area (Å²) in [6, 6.07) is 11.3. The molecule has 106 valence electrons. The summed E-state index contributed by atoms with van der Waals surface area (Å²) in [5.74, 6) is 1.45. The second kappa shape index (κ2) is 7.11. The summed E-state index contributed by atoms with van der Waals surface area (Å²) >= 11 is 6.86. The van der Waals surface area contributed by atoms with Gasteiger partial charge in [0.25, 0.3) is 0 Å². The Morgan fingerprint density at radius 1 is 1.05 bits per heavy atom. The van der Waals surface area contributed by atoms with Crippen LogP contribution in [0.4, 0.5) is 0 Å². The van der Waals surface area contributed by atoms with Crippen molar-refractivity contribution in [1.29, 1.82) is 0 Å². The van der Waals surface area contributed by atoms with Crippen LogP contribution in [0.15, 0.2) is 45.3 Å². The summed E-state index contributed by atoms with van der Waals surface area (Å²) in [5.41, 5.74) is 1.73. The zero-order valence-electron chi connectivity index (χ0n) is 10.9. The molecule has 0 aliphatic carbocycles. The minimum Gasteiger partial charge on any atom is -0.497 e. The van der Waals surface area contributed by atoms with E-state index in [2.05, 4.69) is 31.9 Å². The molecule has 0 unspecified atom stereocenters. The van der Waals surface area contributed by atoms with Gasteiger partial charge in [0.1, 0.15) is 18.1 Å². The van der Waals surface area contributed by atoms with Crippen LogP contribution in [0.1, 0.15) is 11.1 Å². The van der Waals surface area contributed by atoms with Crippen LogP contribution in [0.5, 0.6) is 11.5 Å². The Hall–Kier alpha value is -1.04. The van der Waals surface area contributed by atoms with Gasteiger partial charge in [-0.05, 0) is 36.4 Å². The molecule has 0 aliphatic rings. The van der Waals surface area contributed by atoms with E-state index in [9.17, 15) is 5.11 Å². The third-order valence-electron chi connectivity index (χ3n) is 2.83. The smallest absolute Gasteiger partial charge is 0.125 e. The minimum absolute atomic E-state index is 0.0615. The van der Waals surface area contributed by atoms with Crippen molar-refractivity contribution in [2.75, 3.05) is 7.11 Å². The van der Waals surface area contributed by atoms with Crippen LogP contribution < -0.4 is 9.47 Å². The third-order valence-corrected chi connectivity index (χ3v) is 4.10. The lowest BCUT2D eigenvalue weighted by atomic mass is 10.2. The summed E-state index contributed by atoms with van der Waals surface area (Å²) in [6.45, 7) is 0.334. The molecule has 0 saturated carbocycles. The normalized spacial score (nSPS) is 10.4. The Morgan fingerprint density at radius 2 is 1.85 bits per heavy atom. The standard InChI is InChI=1S/C15H14Br2O3/c1-19-13-3-4-14(17)11(7-13)9-20-15-5-2-12(16)6-10(15)8-18/h2-7,18H,8-9H2,1H3. The number of halogens is 2. The van der Waals surface area contributed by atoms with E-state index in [0.717, 1.165) is 25.8 Å². The first kappa shape index (κ1) is 15.4. The van der Waals surface area contributed by atoms with Crippen LogP contribution in [0, 0.1) is 0 Å². The van der Waals surface area contributed by atoms with Crippen LogP contribution in [-0.2, 0) is 13.2 Å². The Kier molecular flexibility index (Phi) is 5.46. The van der Waals surface area contributed by atoms with Gasteiger partial charge in [0.05, 0.1) is 13.7 Å². The lowest BCUT2D eigenvalue weighted by Crippen LogP contribution is -2.00. The first-order valence-corrected chi connectivity index (χ1v) is 7.57. The summed E-state index contributed by atoms with van der Waals surface area (Å²) in [7, 11) is 1.63. The van der Waals surface area contributed by atoms with Gasteiger partial charge in [-0.3, -0.25) is 0 Å². The summed E-state index contributed by atoms with van der Waals surface area (Å²) in [4.78, 5) is 0. The first-order valence-electron chi connectivity index (χ1n) is 5.98. The molecule has 0 heterocycles. The lowest BCUT2D eigenvalue weighted by molar-refractivity contribution is 0.258. The molecule has 2 aromatic rings. The molecule has 20 heavy (non-hydrogen) atoms. The van der Waals surface area contributed by atoms with E-state index < -0.39 is 0 Å². The van der Waals surface area contributed by atoms with E-state index in [-0.39, 0.29) is 6.61 Å². The fourth-order valence-corrected chi connectivity index (χ4v) is 2.53. The van der Waals surface area contributed by atoms with Crippen LogP contribution in [0.2, 0.25) is 0 Å². The van der Waals surface area contributed by atoms with E-state index in [1.54, 1.807) is 7.11 Å². The van der Waals surface area contributed by atoms with Gasteiger partial charge < -0.3 is 14.6 Å². The highest BCUT2D eigenvalue weighted by Crippen LogP contribution is 2.27. The topological polar surface area (TPSA) is 38.7 Å². The molecule has 2 aromatic carbocycles. The van der Waals surface area contributed by atoms with Gasteiger partial charge in [0.2, 0.25) is 0 Å². The Bertz CT molecular complexity index is 600. The second-order valence-corrected chi connectivity index (χ2v) is 5.93. The van der Waals surface area contributed by atoms with Crippen molar-refractivity contribution in [2.24, 2.45) is 0 Å². The molecule has 0 radical (unpaired) electrons. The highest BCUT2D eigenvalue weighted by Gasteiger charge is 2.07. The maximum Gasteiger partial charge on any atom is 0.125 e. The van der Waals surface area contributed by atoms with Crippen LogP contribution in [0.3, 0.4) is 0 Å². The molecular formula is C15H14Br2O3. The Morgan fingerprint density at radius 3 is 2.55 bits per heavy atom. The number of hydrogen-bond acceptors (Lipinski definition) is 3. The predicted molar refractivity (Wildman–Crippen MR) is 85.1 cm³/mol. The average molecular weight is 402 g/mol. The van der Waals surface area contributed by atoms with Gasteiger partial charge in [-0.1, -0.05) is 31.9 Å². The quantitative estimate of drug-likeness (QED) is 0.811. The van der Waals surface area contributed by atoms with Gasteiger partial charge in [0.15, 0.2) is 0 Å². The highest BCUT2D eigenvalue weighted by molar-refractivity contribution is 9.10. The lowest BCUT2D eigenvalue weighted by Gasteiger charge is -2.12. The van der Waals surface area contributed by atoms with E-state index in [1.165, 1.54) is 0 Å². The maximum absolute atomic E-state index is 9.35. The highest BCUT2D eigenvalue weighted by atomic mass is 79.9. The van der Waals surface area contributed by atoms with Gasteiger partial charge in [0, 0.05) is 20.1 Å². The Balaban J connectivity index is 2.16. The number of hydrogen-bond donors (Lipinski definition) is 1. The molecule has 0 fully saturated rings. The molecule has 0 aliphatic heterocycles. The fraction of sp³-hybridized carbons (Fsp3) is 0.200. The molecule has 0 atom stereocenters. The molecule has 0 bridgehead atoms. The van der Waals surface area contributed by atoms with Crippen molar-refractivity contribution in [1.82, 2.24) is 0 Å². The third kappa shape index (κ3) is 3.75. The zero-order valence-corrected chi connectivity index (χ0v) is 14.1. The van der Waals surface area contributed by atoms with E-state index in [4.69, 9.17) is 9.47 Å². The number of aliphatic hydroxyl groups is 1. The van der Waals surface area contributed by atoms with Crippen LogP contribution in [-0.4, -0.2) is 12.2 Å². The van der Waals surface area contributed by atoms with Crippen molar-refractivity contribution in [2.45, 2.75) is 13.2 Å². The Labute approximate surface area is 134 Å². The average Bonchev–Trinajstić information content (AvgIpc) is 2.47. The molecule has 0 amide bonds. The fourth-order valence-electron chi connectivity index (χ4n) is 1.76.